The molecule has 0 bridgehead atoms. The van der Waals surface area contributed by atoms with Gasteiger partial charge in [0.15, 0.2) is 0 Å². The van der Waals surface area contributed by atoms with E-state index in [-0.39, 0.29) is 0 Å². The van der Waals surface area contributed by atoms with Crippen molar-refractivity contribution in [1.82, 2.24) is 4.98 Å². The third-order valence-electron chi connectivity index (χ3n) is 1.70. The van der Waals surface area contributed by atoms with Gasteiger partial charge in [0.1, 0.15) is 6.10 Å². The lowest BCUT2D eigenvalue weighted by atomic mass is 10.3. The normalized spacial score (nSPS) is 14.4. The summed E-state index contributed by atoms with van der Waals surface area (Å²) in [5, 5.41) is 0. The van der Waals surface area contributed by atoms with Crippen molar-refractivity contribution in [2.75, 3.05) is 0 Å². The molecular weight excluding hydrogens is 162 g/mol. The van der Waals surface area contributed by atoms with Crippen LogP contribution >= 0.6 is 0 Å². The van der Waals surface area contributed by atoms with Gasteiger partial charge < -0.3 is 4.74 Å². The second kappa shape index (κ2) is 4.85. The summed E-state index contributed by atoms with van der Waals surface area (Å²) in [6.45, 7) is 6.02. The molecule has 0 aliphatic heterocycles. The summed E-state index contributed by atoms with van der Waals surface area (Å²) in [6.07, 6.45) is 4.66. The number of aromatic nitrogens is 1. The molecule has 0 radical (unpaired) electrons. The van der Waals surface area contributed by atoms with Gasteiger partial charge in [-0.3, -0.25) is 0 Å². The largest absolute Gasteiger partial charge is 0.474 e. The summed E-state index contributed by atoms with van der Waals surface area (Å²) in [5.41, 5.74) is 1.17. The first-order valence-corrected chi connectivity index (χ1v) is 4.94. The minimum absolute atomic E-state index is 0.449. The molecule has 1 aliphatic rings. The summed E-state index contributed by atoms with van der Waals surface area (Å²) in [4.78, 5) is 4.14. The Bertz CT molecular complexity index is 239. The van der Waals surface area contributed by atoms with Crippen LogP contribution in [-0.2, 0) is 0 Å². The van der Waals surface area contributed by atoms with Gasteiger partial charge in [-0.2, -0.15) is 0 Å². The van der Waals surface area contributed by atoms with E-state index in [4.69, 9.17) is 4.74 Å². The third-order valence-corrected chi connectivity index (χ3v) is 1.70. The summed E-state index contributed by atoms with van der Waals surface area (Å²) in [5.74, 6) is 0.762. The predicted octanol–water partition coefficient (Wildman–Crippen LogP) is 2.96. The van der Waals surface area contributed by atoms with Gasteiger partial charge in [0.05, 0.1) is 0 Å². The molecule has 2 rings (SSSR count). The summed E-state index contributed by atoms with van der Waals surface area (Å²) in [6, 6.07) is 3.94. The molecule has 1 aromatic rings. The molecular formula is C11H17NO. The van der Waals surface area contributed by atoms with Crippen molar-refractivity contribution in [3.05, 3.63) is 23.9 Å². The average Bonchev–Trinajstić information content (AvgIpc) is 2.96. The van der Waals surface area contributed by atoms with Crippen LogP contribution in [0.5, 0.6) is 5.88 Å². The van der Waals surface area contributed by atoms with Crippen molar-refractivity contribution < 1.29 is 4.74 Å². The number of ether oxygens (including phenoxy) is 1. The fourth-order valence-electron chi connectivity index (χ4n) is 0.881. The Kier molecular flexibility index (Phi) is 3.74. The third kappa shape index (κ3) is 3.45. The molecule has 2 nitrogen and oxygen atoms in total. The summed E-state index contributed by atoms with van der Waals surface area (Å²) in [7, 11) is 0. The smallest absolute Gasteiger partial charge is 0.213 e. The maximum Gasteiger partial charge on any atom is 0.213 e. The quantitative estimate of drug-likeness (QED) is 0.696. The fraction of sp³-hybridized carbons (Fsp3) is 0.545. The number of rotatable bonds is 2. The number of hydrogen-bond donors (Lipinski definition) is 0. The Morgan fingerprint density at radius 2 is 2.00 bits per heavy atom. The van der Waals surface area contributed by atoms with Crippen LogP contribution in [0.1, 0.15) is 32.3 Å². The summed E-state index contributed by atoms with van der Waals surface area (Å²) < 4.78 is 5.47. The minimum Gasteiger partial charge on any atom is -0.474 e. The zero-order chi connectivity index (χ0) is 9.68. The van der Waals surface area contributed by atoms with Gasteiger partial charge in [0, 0.05) is 12.3 Å². The molecule has 0 amide bonds. The number of nitrogens with zero attached hydrogens (tertiary/aromatic N) is 1. The molecule has 1 aromatic heterocycles. The highest BCUT2D eigenvalue weighted by Gasteiger charge is 2.23. The Hall–Kier alpha value is -1.05. The molecule has 0 spiro atoms. The molecule has 1 saturated carbocycles. The maximum absolute atomic E-state index is 5.47. The Morgan fingerprint density at radius 1 is 1.31 bits per heavy atom. The van der Waals surface area contributed by atoms with Gasteiger partial charge >= 0.3 is 0 Å². The van der Waals surface area contributed by atoms with E-state index in [1.807, 2.05) is 39.1 Å². The van der Waals surface area contributed by atoms with Crippen LogP contribution in [0, 0.1) is 6.92 Å². The van der Waals surface area contributed by atoms with Crippen molar-refractivity contribution >= 4 is 0 Å². The molecule has 0 aromatic carbocycles. The number of aryl methyl sites for hydroxylation is 1. The van der Waals surface area contributed by atoms with Crippen LogP contribution in [-0.4, -0.2) is 11.1 Å². The van der Waals surface area contributed by atoms with Crippen molar-refractivity contribution in [3.63, 3.8) is 0 Å². The second-order valence-corrected chi connectivity index (χ2v) is 2.99. The molecule has 1 fully saturated rings. The maximum atomic E-state index is 5.47. The monoisotopic (exact) mass is 179 g/mol. The Morgan fingerprint density at radius 3 is 2.46 bits per heavy atom. The minimum atomic E-state index is 0.449. The fourth-order valence-corrected chi connectivity index (χ4v) is 0.881. The second-order valence-electron chi connectivity index (χ2n) is 2.99. The van der Waals surface area contributed by atoms with Crippen LogP contribution in [0.2, 0.25) is 0 Å². The first-order valence-electron chi connectivity index (χ1n) is 4.94. The SMILES string of the molecule is CC.Cc1ccc(OC2CC2)nc1. The van der Waals surface area contributed by atoms with E-state index in [9.17, 15) is 0 Å². The topological polar surface area (TPSA) is 22.1 Å². The molecule has 0 saturated heterocycles. The first kappa shape index (κ1) is 10.0. The van der Waals surface area contributed by atoms with Crippen molar-refractivity contribution in [3.8, 4) is 5.88 Å². The van der Waals surface area contributed by atoms with Gasteiger partial charge in [-0.25, -0.2) is 4.98 Å². The molecule has 0 N–H and O–H groups in total. The van der Waals surface area contributed by atoms with Crippen LogP contribution in [0.25, 0.3) is 0 Å². The highest BCUT2D eigenvalue weighted by Crippen LogP contribution is 2.25. The molecule has 2 heteroatoms. The molecule has 72 valence electrons. The van der Waals surface area contributed by atoms with Gasteiger partial charge in [-0.1, -0.05) is 19.9 Å². The Balaban J connectivity index is 0.000000396. The van der Waals surface area contributed by atoms with E-state index in [1.54, 1.807) is 0 Å². The van der Waals surface area contributed by atoms with E-state index in [0.717, 1.165) is 5.88 Å². The predicted molar refractivity (Wildman–Crippen MR) is 54.0 cm³/mol. The zero-order valence-electron chi connectivity index (χ0n) is 8.58. The molecule has 0 atom stereocenters. The molecule has 0 unspecified atom stereocenters. The Labute approximate surface area is 80.0 Å². The van der Waals surface area contributed by atoms with E-state index in [1.165, 1.54) is 18.4 Å². The van der Waals surface area contributed by atoms with Gasteiger partial charge in [0.2, 0.25) is 5.88 Å². The van der Waals surface area contributed by atoms with Crippen molar-refractivity contribution in [1.29, 1.82) is 0 Å². The molecule has 1 aliphatic carbocycles. The lowest BCUT2D eigenvalue weighted by Crippen LogP contribution is -1.97. The highest BCUT2D eigenvalue weighted by atomic mass is 16.5. The zero-order valence-corrected chi connectivity index (χ0v) is 8.58. The average molecular weight is 179 g/mol. The van der Waals surface area contributed by atoms with E-state index in [0.29, 0.717) is 6.10 Å². The van der Waals surface area contributed by atoms with E-state index in [2.05, 4.69) is 4.98 Å². The van der Waals surface area contributed by atoms with Gasteiger partial charge in [-0.05, 0) is 25.3 Å². The standard InChI is InChI=1S/C9H11NO.C2H6/c1-7-2-5-9(10-6-7)11-8-3-4-8;1-2/h2,5-6,8H,3-4H2,1H3;1-2H3. The first-order chi connectivity index (χ1) is 6.34. The number of hydrogen-bond acceptors (Lipinski definition) is 2. The number of pyridine rings is 1. The lowest BCUT2D eigenvalue weighted by Gasteiger charge is -2.01. The van der Waals surface area contributed by atoms with Crippen molar-refractivity contribution in [2.24, 2.45) is 0 Å². The van der Waals surface area contributed by atoms with Crippen LogP contribution in [0.4, 0.5) is 0 Å². The van der Waals surface area contributed by atoms with Gasteiger partial charge in [-0.15, -0.1) is 0 Å². The van der Waals surface area contributed by atoms with Crippen LogP contribution in [0.3, 0.4) is 0 Å². The lowest BCUT2D eigenvalue weighted by molar-refractivity contribution is 0.291. The highest BCUT2D eigenvalue weighted by molar-refractivity contribution is 5.16. The van der Waals surface area contributed by atoms with E-state index < -0.39 is 0 Å². The molecule has 13 heavy (non-hydrogen) atoms. The van der Waals surface area contributed by atoms with Crippen LogP contribution in [0.15, 0.2) is 18.3 Å². The molecule has 1 heterocycles. The van der Waals surface area contributed by atoms with Crippen LogP contribution < -0.4 is 4.74 Å². The van der Waals surface area contributed by atoms with E-state index >= 15 is 0 Å². The summed E-state index contributed by atoms with van der Waals surface area (Å²) >= 11 is 0. The van der Waals surface area contributed by atoms with Crippen molar-refractivity contribution in [2.45, 2.75) is 39.7 Å². The van der Waals surface area contributed by atoms with Gasteiger partial charge in [0.25, 0.3) is 0 Å².